The molecule has 1 rings (SSSR count). The Hall–Kier alpha value is 0.0100. The van der Waals surface area contributed by atoms with E-state index in [0.717, 1.165) is 10.0 Å². The van der Waals surface area contributed by atoms with E-state index in [9.17, 15) is 4.89 Å². The number of benzene rings is 1. The van der Waals surface area contributed by atoms with Crippen LogP contribution in [0.15, 0.2) is 28.7 Å². The van der Waals surface area contributed by atoms with Gasteiger partial charge in [0, 0.05) is 16.6 Å². The lowest BCUT2D eigenvalue weighted by molar-refractivity contribution is 0.168. The summed E-state index contributed by atoms with van der Waals surface area (Å²) in [7, 11) is -1.57. The summed E-state index contributed by atoms with van der Waals surface area (Å²) in [5.41, 5.74) is 1.07. The van der Waals surface area contributed by atoms with Gasteiger partial charge in [-0.25, -0.2) is 4.67 Å². The summed E-state index contributed by atoms with van der Waals surface area (Å²) < 4.78 is 8.84. The largest absolute Gasteiger partial charge is 0.338 e. The van der Waals surface area contributed by atoms with Gasteiger partial charge in [0.1, 0.15) is 0 Å². The number of halogens is 1. The van der Waals surface area contributed by atoms with Gasteiger partial charge in [-0.15, -0.1) is 0 Å². The molecule has 0 amide bonds. The molecule has 0 aliphatic carbocycles. The molecule has 0 fully saturated rings. The summed E-state index contributed by atoms with van der Waals surface area (Å²) in [6.45, 7) is 10.2. The zero-order valence-electron chi connectivity index (χ0n) is 12.2. The summed E-state index contributed by atoms with van der Waals surface area (Å²) in [4.78, 5) is 10.3. The SMILES string of the molecule is CC(OP(O)N(C(C)C)C(C)C)c1ccc(Br)cc1. The minimum absolute atomic E-state index is 0.121. The van der Waals surface area contributed by atoms with E-state index >= 15 is 0 Å². The second kappa shape index (κ2) is 7.70. The van der Waals surface area contributed by atoms with Crippen LogP contribution in [0.4, 0.5) is 0 Å². The Kier molecular flexibility index (Phi) is 6.92. The summed E-state index contributed by atoms with van der Waals surface area (Å²) in [6.07, 6.45) is -0.121. The van der Waals surface area contributed by atoms with Crippen LogP contribution in [0.5, 0.6) is 0 Å². The van der Waals surface area contributed by atoms with Gasteiger partial charge < -0.3 is 9.42 Å². The second-order valence-electron chi connectivity index (χ2n) is 5.12. The highest BCUT2D eigenvalue weighted by Crippen LogP contribution is 2.44. The van der Waals surface area contributed by atoms with Gasteiger partial charge in [0.2, 0.25) is 0 Å². The quantitative estimate of drug-likeness (QED) is 0.745. The molecular formula is C14H23BrNO2P. The average molecular weight is 348 g/mol. The van der Waals surface area contributed by atoms with Crippen molar-refractivity contribution in [3.05, 3.63) is 34.3 Å². The van der Waals surface area contributed by atoms with Gasteiger partial charge in [0.25, 0.3) is 8.53 Å². The first-order chi connectivity index (χ1) is 8.82. The molecule has 1 aromatic carbocycles. The van der Waals surface area contributed by atoms with E-state index in [0.29, 0.717) is 0 Å². The Morgan fingerprint density at radius 3 is 1.95 bits per heavy atom. The maximum atomic E-state index is 10.3. The number of rotatable bonds is 6. The summed E-state index contributed by atoms with van der Waals surface area (Å²) >= 11 is 3.41. The van der Waals surface area contributed by atoms with Gasteiger partial charge >= 0.3 is 0 Å². The van der Waals surface area contributed by atoms with Crippen LogP contribution in [0.1, 0.15) is 46.3 Å². The Labute approximate surface area is 126 Å². The molecule has 0 aliphatic rings. The lowest BCUT2D eigenvalue weighted by Gasteiger charge is -2.34. The van der Waals surface area contributed by atoms with Crippen LogP contribution in [0.2, 0.25) is 0 Å². The predicted octanol–water partition coefficient (Wildman–Crippen LogP) is 4.86. The van der Waals surface area contributed by atoms with E-state index in [2.05, 4.69) is 43.6 Å². The van der Waals surface area contributed by atoms with Crippen LogP contribution in [0.3, 0.4) is 0 Å². The first-order valence-electron chi connectivity index (χ1n) is 6.52. The standard InChI is InChI=1S/C14H23BrNO2P/c1-10(2)16(11(3)4)19(17)18-12(5)13-6-8-14(15)9-7-13/h6-12,17H,1-5H3. The zero-order valence-corrected chi connectivity index (χ0v) is 14.6. The molecule has 0 heterocycles. The molecule has 19 heavy (non-hydrogen) atoms. The van der Waals surface area contributed by atoms with Crippen molar-refractivity contribution in [3.63, 3.8) is 0 Å². The molecule has 0 saturated heterocycles. The van der Waals surface area contributed by atoms with Crippen molar-refractivity contribution in [1.29, 1.82) is 0 Å². The minimum Gasteiger partial charge on any atom is -0.338 e. The third-order valence-corrected chi connectivity index (χ3v) is 5.20. The minimum atomic E-state index is -1.57. The van der Waals surface area contributed by atoms with Crippen LogP contribution >= 0.6 is 24.5 Å². The van der Waals surface area contributed by atoms with Gasteiger partial charge in [0.05, 0.1) is 6.10 Å². The fourth-order valence-corrected chi connectivity index (χ4v) is 3.55. The first kappa shape index (κ1) is 17.1. The first-order valence-corrected chi connectivity index (χ1v) is 8.48. The highest BCUT2D eigenvalue weighted by molar-refractivity contribution is 9.10. The van der Waals surface area contributed by atoms with Crippen LogP contribution < -0.4 is 0 Å². The average Bonchev–Trinajstić information content (AvgIpc) is 2.28. The van der Waals surface area contributed by atoms with Crippen molar-refractivity contribution >= 4 is 24.5 Å². The van der Waals surface area contributed by atoms with E-state index in [1.807, 2.05) is 35.9 Å². The maximum absolute atomic E-state index is 10.3. The fraction of sp³-hybridized carbons (Fsp3) is 0.571. The lowest BCUT2D eigenvalue weighted by Crippen LogP contribution is -2.33. The summed E-state index contributed by atoms with van der Waals surface area (Å²) in [5.74, 6) is 0. The third kappa shape index (κ3) is 5.13. The van der Waals surface area contributed by atoms with Crippen LogP contribution in [-0.4, -0.2) is 21.6 Å². The predicted molar refractivity (Wildman–Crippen MR) is 84.9 cm³/mol. The van der Waals surface area contributed by atoms with Crippen LogP contribution in [-0.2, 0) is 4.52 Å². The van der Waals surface area contributed by atoms with Gasteiger partial charge in [-0.1, -0.05) is 28.1 Å². The van der Waals surface area contributed by atoms with Crippen molar-refractivity contribution in [2.24, 2.45) is 0 Å². The summed E-state index contributed by atoms with van der Waals surface area (Å²) in [5, 5.41) is 0. The van der Waals surface area contributed by atoms with Gasteiger partial charge in [-0.3, -0.25) is 0 Å². The van der Waals surface area contributed by atoms with Crippen molar-refractivity contribution in [3.8, 4) is 0 Å². The van der Waals surface area contributed by atoms with E-state index in [4.69, 9.17) is 4.52 Å². The van der Waals surface area contributed by atoms with Crippen LogP contribution in [0.25, 0.3) is 0 Å². The highest BCUT2D eigenvalue weighted by atomic mass is 79.9. The smallest absolute Gasteiger partial charge is 0.257 e. The molecule has 0 radical (unpaired) electrons. The van der Waals surface area contributed by atoms with Crippen LogP contribution in [0, 0.1) is 0 Å². The Morgan fingerprint density at radius 2 is 1.53 bits per heavy atom. The maximum Gasteiger partial charge on any atom is 0.257 e. The highest BCUT2D eigenvalue weighted by Gasteiger charge is 2.26. The third-order valence-electron chi connectivity index (χ3n) is 2.85. The molecule has 1 N–H and O–H groups in total. The van der Waals surface area contributed by atoms with Gasteiger partial charge in [-0.2, -0.15) is 0 Å². The Balaban J connectivity index is 2.69. The summed E-state index contributed by atoms with van der Waals surface area (Å²) in [6, 6.07) is 8.50. The van der Waals surface area contributed by atoms with Gasteiger partial charge in [-0.05, 0) is 52.3 Å². The van der Waals surface area contributed by atoms with E-state index < -0.39 is 8.53 Å². The molecule has 0 aromatic heterocycles. The molecule has 5 heteroatoms. The van der Waals surface area contributed by atoms with Gasteiger partial charge in [0.15, 0.2) is 0 Å². The lowest BCUT2D eigenvalue weighted by atomic mass is 10.1. The normalized spacial score (nSPS) is 15.3. The molecule has 0 bridgehead atoms. The zero-order chi connectivity index (χ0) is 14.6. The molecule has 108 valence electrons. The topological polar surface area (TPSA) is 32.7 Å². The number of hydrogen-bond donors (Lipinski definition) is 1. The molecule has 0 spiro atoms. The van der Waals surface area contributed by atoms with Crippen molar-refractivity contribution in [1.82, 2.24) is 4.67 Å². The van der Waals surface area contributed by atoms with E-state index in [1.165, 1.54) is 0 Å². The van der Waals surface area contributed by atoms with Crippen molar-refractivity contribution in [2.45, 2.75) is 52.8 Å². The van der Waals surface area contributed by atoms with E-state index in [-0.39, 0.29) is 18.2 Å². The van der Waals surface area contributed by atoms with Crippen molar-refractivity contribution < 1.29 is 9.42 Å². The molecule has 0 aliphatic heterocycles. The molecule has 3 nitrogen and oxygen atoms in total. The second-order valence-corrected chi connectivity index (χ2v) is 7.21. The fourth-order valence-electron chi connectivity index (χ4n) is 1.98. The molecule has 0 saturated carbocycles. The monoisotopic (exact) mass is 347 g/mol. The number of hydrogen-bond acceptors (Lipinski definition) is 3. The molecule has 2 atom stereocenters. The molecule has 2 unspecified atom stereocenters. The molecule has 1 aromatic rings. The van der Waals surface area contributed by atoms with Crippen molar-refractivity contribution in [2.75, 3.05) is 0 Å². The van der Waals surface area contributed by atoms with E-state index in [1.54, 1.807) is 0 Å². The Morgan fingerprint density at radius 1 is 1.05 bits per heavy atom. The number of nitrogens with zero attached hydrogens (tertiary/aromatic N) is 1. The Bertz CT molecular complexity index is 376. The molecular weight excluding hydrogens is 325 g/mol.